The third-order valence-corrected chi connectivity index (χ3v) is 3.96. The molecule has 3 N–H and O–H groups in total. The van der Waals surface area contributed by atoms with E-state index in [0.29, 0.717) is 32.1 Å². The molecule has 1 aliphatic rings. The van der Waals surface area contributed by atoms with Crippen molar-refractivity contribution in [2.24, 2.45) is 0 Å². The predicted octanol–water partition coefficient (Wildman–Crippen LogP) is 0.947. The van der Waals surface area contributed by atoms with Gasteiger partial charge in [0.1, 0.15) is 6.04 Å². The van der Waals surface area contributed by atoms with E-state index in [-0.39, 0.29) is 0 Å². The van der Waals surface area contributed by atoms with Crippen molar-refractivity contribution >= 4 is 11.9 Å². The van der Waals surface area contributed by atoms with Gasteiger partial charge in [-0.25, -0.2) is 9.97 Å². The molecule has 0 bridgehead atoms. The van der Waals surface area contributed by atoms with E-state index in [1.807, 2.05) is 30.3 Å². The molecule has 126 valence electrons. The first-order valence-electron chi connectivity index (χ1n) is 7.98. The number of anilines is 1. The summed E-state index contributed by atoms with van der Waals surface area (Å²) >= 11 is 0. The molecule has 7 nitrogen and oxygen atoms in total. The number of carbonyl (C=O) groups is 1. The highest BCUT2D eigenvalue weighted by atomic mass is 16.4. The summed E-state index contributed by atoms with van der Waals surface area (Å²) in [6.07, 6.45) is 3.58. The summed E-state index contributed by atoms with van der Waals surface area (Å²) < 4.78 is 0. The summed E-state index contributed by atoms with van der Waals surface area (Å²) in [4.78, 5) is 21.8. The number of hydrogen-bond acceptors (Lipinski definition) is 6. The number of rotatable bonds is 6. The standard InChI is InChI=1S/C17H21N5O2/c23-16(24)15-12-22(7-6-18-15)11-14-9-20-17(21-10-14)19-8-13-4-2-1-3-5-13/h1-5,9-10,15,18H,6-8,11-12H2,(H,23,24)(H,19,20,21)/t15-/m1/s1. The molecule has 1 saturated heterocycles. The Balaban J connectivity index is 1.52. The lowest BCUT2D eigenvalue weighted by atomic mass is 10.2. The van der Waals surface area contributed by atoms with Crippen molar-refractivity contribution in [2.45, 2.75) is 19.1 Å². The minimum atomic E-state index is -0.809. The van der Waals surface area contributed by atoms with Crippen molar-refractivity contribution in [1.29, 1.82) is 0 Å². The average Bonchev–Trinajstić information content (AvgIpc) is 2.62. The van der Waals surface area contributed by atoms with Gasteiger partial charge in [0, 0.05) is 50.7 Å². The van der Waals surface area contributed by atoms with Crippen LogP contribution in [0.3, 0.4) is 0 Å². The van der Waals surface area contributed by atoms with Crippen LogP contribution in [0.15, 0.2) is 42.7 Å². The van der Waals surface area contributed by atoms with Gasteiger partial charge in [0.15, 0.2) is 0 Å². The molecule has 1 aromatic heterocycles. The summed E-state index contributed by atoms with van der Waals surface area (Å²) in [6, 6.07) is 9.57. The van der Waals surface area contributed by atoms with Gasteiger partial charge >= 0.3 is 5.97 Å². The zero-order valence-corrected chi connectivity index (χ0v) is 13.4. The normalized spacial score (nSPS) is 18.2. The third kappa shape index (κ3) is 4.50. The molecular formula is C17H21N5O2. The van der Waals surface area contributed by atoms with Crippen molar-refractivity contribution in [2.75, 3.05) is 25.0 Å². The number of piperazine rings is 1. The van der Waals surface area contributed by atoms with Gasteiger partial charge in [-0.3, -0.25) is 9.69 Å². The van der Waals surface area contributed by atoms with Crippen molar-refractivity contribution < 1.29 is 9.90 Å². The van der Waals surface area contributed by atoms with Crippen LogP contribution in [-0.4, -0.2) is 51.6 Å². The molecule has 0 aliphatic carbocycles. The van der Waals surface area contributed by atoms with Crippen LogP contribution in [0.1, 0.15) is 11.1 Å². The Kier molecular flexibility index (Phi) is 5.35. The summed E-state index contributed by atoms with van der Waals surface area (Å²) in [5, 5.41) is 15.3. The molecule has 0 spiro atoms. The molecule has 3 rings (SSSR count). The molecular weight excluding hydrogens is 306 g/mol. The zero-order chi connectivity index (χ0) is 16.8. The monoisotopic (exact) mass is 327 g/mol. The van der Waals surface area contributed by atoms with Gasteiger partial charge in [-0.2, -0.15) is 0 Å². The molecule has 1 fully saturated rings. The lowest BCUT2D eigenvalue weighted by Crippen LogP contribution is -2.53. The highest BCUT2D eigenvalue weighted by Crippen LogP contribution is 2.08. The molecule has 0 amide bonds. The predicted molar refractivity (Wildman–Crippen MR) is 90.5 cm³/mol. The Morgan fingerprint density at radius 3 is 2.71 bits per heavy atom. The van der Waals surface area contributed by atoms with Gasteiger partial charge in [-0.1, -0.05) is 30.3 Å². The number of nitrogens with zero attached hydrogens (tertiary/aromatic N) is 3. The van der Waals surface area contributed by atoms with Crippen LogP contribution in [-0.2, 0) is 17.9 Å². The minimum absolute atomic E-state index is 0.489. The number of aromatic nitrogens is 2. The topological polar surface area (TPSA) is 90.4 Å². The maximum atomic E-state index is 11.1. The van der Waals surface area contributed by atoms with Crippen LogP contribution < -0.4 is 10.6 Å². The van der Waals surface area contributed by atoms with Gasteiger partial charge < -0.3 is 15.7 Å². The number of carboxylic acids is 1. The fraction of sp³-hybridized carbons (Fsp3) is 0.353. The molecule has 0 unspecified atom stereocenters. The van der Waals surface area contributed by atoms with E-state index in [1.165, 1.54) is 5.56 Å². The largest absolute Gasteiger partial charge is 0.480 e. The first kappa shape index (κ1) is 16.4. The van der Waals surface area contributed by atoms with E-state index in [0.717, 1.165) is 12.1 Å². The van der Waals surface area contributed by atoms with E-state index in [2.05, 4.69) is 25.5 Å². The fourth-order valence-corrected chi connectivity index (χ4v) is 2.68. The van der Waals surface area contributed by atoms with E-state index in [9.17, 15) is 4.79 Å². The molecule has 2 aromatic rings. The maximum absolute atomic E-state index is 11.1. The minimum Gasteiger partial charge on any atom is -0.480 e. The smallest absolute Gasteiger partial charge is 0.322 e. The van der Waals surface area contributed by atoms with Crippen molar-refractivity contribution in [1.82, 2.24) is 20.2 Å². The number of nitrogens with one attached hydrogen (secondary N) is 2. The second kappa shape index (κ2) is 7.85. The van der Waals surface area contributed by atoms with Crippen LogP contribution in [0.25, 0.3) is 0 Å². The molecule has 1 aliphatic heterocycles. The highest BCUT2D eigenvalue weighted by Gasteiger charge is 2.24. The number of aliphatic carboxylic acids is 1. The van der Waals surface area contributed by atoms with Crippen LogP contribution in [0.5, 0.6) is 0 Å². The van der Waals surface area contributed by atoms with Gasteiger partial charge in [0.25, 0.3) is 0 Å². The summed E-state index contributed by atoms with van der Waals surface area (Å²) in [5.41, 5.74) is 2.15. The molecule has 2 heterocycles. The summed E-state index contributed by atoms with van der Waals surface area (Å²) in [5.74, 6) is -0.220. The molecule has 1 aromatic carbocycles. The molecule has 24 heavy (non-hydrogen) atoms. The fourth-order valence-electron chi connectivity index (χ4n) is 2.68. The van der Waals surface area contributed by atoms with Crippen LogP contribution in [0, 0.1) is 0 Å². The lowest BCUT2D eigenvalue weighted by Gasteiger charge is -2.31. The number of carboxylic acid groups (broad SMARTS) is 1. The van der Waals surface area contributed by atoms with Crippen molar-refractivity contribution in [3.8, 4) is 0 Å². The van der Waals surface area contributed by atoms with Gasteiger partial charge in [-0.15, -0.1) is 0 Å². The molecule has 0 radical (unpaired) electrons. The Labute approximate surface area is 140 Å². The van der Waals surface area contributed by atoms with Crippen LogP contribution >= 0.6 is 0 Å². The Bertz CT molecular complexity index is 662. The van der Waals surface area contributed by atoms with Gasteiger partial charge in [0.2, 0.25) is 5.95 Å². The lowest BCUT2D eigenvalue weighted by molar-refractivity contribution is -0.140. The van der Waals surface area contributed by atoms with Gasteiger partial charge in [-0.05, 0) is 5.56 Å². The average molecular weight is 327 g/mol. The summed E-state index contributed by atoms with van der Waals surface area (Å²) in [7, 11) is 0. The first-order valence-corrected chi connectivity index (χ1v) is 7.98. The first-order chi connectivity index (χ1) is 11.7. The zero-order valence-electron chi connectivity index (χ0n) is 13.4. The summed E-state index contributed by atoms with van der Waals surface area (Å²) in [6.45, 7) is 3.32. The second-order valence-electron chi connectivity index (χ2n) is 5.83. The SMILES string of the molecule is O=C(O)[C@H]1CN(Cc2cnc(NCc3ccccc3)nc2)CCN1. The van der Waals surface area contributed by atoms with E-state index < -0.39 is 12.0 Å². The maximum Gasteiger partial charge on any atom is 0.322 e. The van der Waals surface area contributed by atoms with Crippen molar-refractivity contribution in [3.05, 3.63) is 53.9 Å². The quantitative estimate of drug-likeness (QED) is 0.727. The third-order valence-electron chi connectivity index (χ3n) is 3.96. The molecule has 7 heteroatoms. The Hall–Kier alpha value is -2.51. The molecule has 1 atom stereocenters. The Morgan fingerprint density at radius 2 is 2.00 bits per heavy atom. The molecule has 0 saturated carbocycles. The Morgan fingerprint density at radius 1 is 1.25 bits per heavy atom. The van der Waals surface area contributed by atoms with E-state index in [4.69, 9.17) is 5.11 Å². The van der Waals surface area contributed by atoms with E-state index >= 15 is 0 Å². The van der Waals surface area contributed by atoms with E-state index in [1.54, 1.807) is 12.4 Å². The van der Waals surface area contributed by atoms with Crippen LogP contribution in [0.4, 0.5) is 5.95 Å². The van der Waals surface area contributed by atoms with Gasteiger partial charge in [0.05, 0.1) is 0 Å². The van der Waals surface area contributed by atoms with Crippen molar-refractivity contribution in [3.63, 3.8) is 0 Å². The number of benzene rings is 1. The highest BCUT2D eigenvalue weighted by molar-refractivity contribution is 5.73. The second-order valence-corrected chi connectivity index (χ2v) is 5.83. The van der Waals surface area contributed by atoms with Crippen LogP contribution in [0.2, 0.25) is 0 Å². The number of hydrogen-bond donors (Lipinski definition) is 3.